The minimum absolute atomic E-state index is 0.124. The van der Waals surface area contributed by atoms with Crippen molar-refractivity contribution in [3.05, 3.63) is 57.5 Å². The first-order valence-corrected chi connectivity index (χ1v) is 17.9. The van der Waals surface area contributed by atoms with E-state index in [0.717, 1.165) is 8.95 Å². The number of carbonyl (C=O) groups is 6. The van der Waals surface area contributed by atoms with Crippen molar-refractivity contribution in [3.63, 3.8) is 0 Å². The predicted octanol–water partition coefficient (Wildman–Crippen LogP) is 2.56. The quantitative estimate of drug-likeness (QED) is 0.369. The Morgan fingerprint density at radius 2 is 0.939 bits per heavy atom. The number of aliphatic hydroxyl groups excluding tert-OH is 1. The van der Waals surface area contributed by atoms with Gasteiger partial charge in [0.05, 0.1) is 36.3 Å². The van der Waals surface area contributed by atoms with E-state index < -0.39 is 12.1 Å². The average molecular weight is 807 g/mol. The van der Waals surface area contributed by atoms with E-state index in [1.807, 2.05) is 34.1 Å². The van der Waals surface area contributed by atoms with Gasteiger partial charge in [0.2, 0.25) is 23.6 Å². The van der Waals surface area contributed by atoms with Crippen molar-refractivity contribution in [2.45, 2.75) is 57.5 Å². The van der Waals surface area contributed by atoms with Gasteiger partial charge in [0.25, 0.3) is 11.8 Å². The number of amides is 6. The van der Waals surface area contributed by atoms with E-state index in [-0.39, 0.29) is 66.7 Å². The van der Waals surface area contributed by atoms with Gasteiger partial charge in [-0.3, -0.25) is 38.6 Å². The molecule has 2 aromatic rings. The first-order valence-electron chi connectivity index (χ1n) is 16.3. The maximum Gasteiger partial charge on any atom is 0.251 e. The van der Waals surface area contributed by atoms with E-state index in [2.05, 4.69) is 31.9 Å². The third kappa shape index (κ3) is 9.39. The molecule has 4 saturated heterocycles. The van der Waals surface area contributed by atoms with Crippen molar-refractivity contribution in [1.82, 2.24) is 9.80 Å². The first-order chi connectivity index (χ1) is 23.4. The summed E-state index contributed by atoms with van der Waals surface area (Å²) >= 11 is 6.68. The number of benzene rings is 2. The zero-order valence-corrected chi connectivity index (χ0v) is 30.5. The van der Waals surface area contributed by atoms with Crippen molar-refractivity contribution in [2.24, 2.45) is 23.3 Å². The van der Waals surface area contributed by atoms with Gasteiger partial charge in [-0.1, -0.05) is 31.9 Å². The highest BCUT2D eigenvalue weighted by Crippen LogP contribution is 2.31. The minimum Gasteiger partial charge on any atom is -0.397 e. The lowest BCUT2D eigenvalue weighted by molar-refractivity contribution is -0.126. The second-order valence-electron chi connectivity index (χ2n) is 12.3. The van der Waals surface area contributed by atoms with Crippen molar-refractivity contribution >= 4 is 78.7 Å². The summed E-state index contributed by atoms with van der Waals surface area (Å²) in [6.07, 6.45) is 2.96. The van der Waals surface area contributed by atoms with Gasteiger partial charge in [-0.05, 0) is 107 Å². The average Bonchev–Trinajstić information content (AvgIpc) is 3.55. The number of hydrogen-bond donors (Lipinski definition) is 3. The molecule has 15 heteroatoms. The van der Waals surface area contributed by atoms with Crippen LogP contribution in [0, 0.1) is 11.8 Å². The van der Waals surface area contributed by atoms with E-state index in [1.165, 1.54) is 9.80 Å². The fraction of sp³-hybridized carbons (Fsp3) is 0.471. The lowest BCUT2D eigenvalue weighted by Crippen LogP contribution is -2.47. The summed E-state index contributed by atoms with van der Waals surface area (Å²) in [5.74, 6) is -1.55. The summed E-state index contributed by atoms with van der Waals surface area (Å²) in [7, 11) is 0. The molecule has 2 aromatic carbocycles. The molecule has 6 amide bonds. The molecule has 6 rings (SSSR count). The van der Waals surface area contributed by atoms with Gasteiger partial charge < -0.3 is 16.6 Å². The number of halogens is 2. The SMILES string of the molecule is CCO.NC(=O)C1CCN(C2CC(=O)N(c3ccc(Br)cc3)C2=O)CC1.NC(=O)C1CCN(C2CC(=O)N(c3ccc(Br)cc3)C2=O)CC1. The first kappa shape index (κ1) is 38.3. The Balaban J connectivity index is 0.000000205. The number of imide groups is 2. The molecule has 0 bridgehead atoms. The predicted molar refractivity (Wildman–Crippen MR) is 190 cm³/mol. The topological polar surface area (TPSA) is 188 Å². The molecular formula is C34H42Br2N6O7. The lowest BCUT2D eigenvalue weighted by Gasteiger charge is -2.33. The highest BCUT2D eigenvalue weighted by molar-refractivity contribution is 9.10. The molecule has 4 fully saturated rings. The van der Waals surface area contributed by atoms with Crippen LogP contribution >= 0.6 is 31.9 Å². The van der Waals surface area contributed by atoms with E-state index in [4.69, 9.17) is 16.6 Å². The molecule has 0 aromatic heterocycles. The highest BCUT2D eigenvalue weighted by Gasteiger charge is 2.45. The van der Waals surface area contributed by atoms with Crippen LogP contribution in [0.4, 0.5) is 11.4 Å². The van der Waals surface area contributed by atoms with Gasteiger partial charge in [0.15, 0.2) is 0 Å². The van der Waals surface area contributed by atoms with Gasteiger partial charge in [0.1, 0.15) is 0 Å². The number of rotatable bonds is 6. The lowest BCUT2D eigenvalue weighted by atomic mass is 9.95. The van der Waals surface area contributed by atoms with Crippen LogP contribution in [0.3, 0.4) is 0 Å². The number of nitrogens with zero attached hydrogens (tertiary/aromatic N) is 4. The Morgan fingerprint density at radius 1 is 0.653 bits per heavy atom. The number of anilines is 2. The molecular weight excluding hydrogens is 764 g/mol. The molecule has 13 nitrogen and oxygen atoms in total. The van der Waals surface area contributed by atoms with E-state index >= 15 is 0 Å². The number of carbonyl (C=O) groups excluding carboxylic acids is 6. The molecule has 0 spiro atoms. The maximum atomic E-state index is 12.7. The fourth-order valence-corrected chi connectivity index (χ4v) is 7.05. The van der Waals surface area contributed by atoms with Crippen LogP contribution in [-0.4, -0.2) is 95.2 Å². The minimum atomic E-state index is -0.431. The fourth-order valence-electron chi connectivity index (χ4n) is 6.52. The summed E-state index contributed by atoms with van der Waals surface area (Å²) in [6, 6.07) is 13.4. The zero-order chi connectivity index (χ0) is 35.8. The number of aliphatic hydroxyl groups is 1. The van der Waals surface area contributed by atoms with Gasteiger partial charge >= 0.3 is 0 Å². The van der Waals surface area contributed by atoms with Gasteiger partial charge in [-0.15, -0.1) is 0 Å². The van der Waals surface area contributed by atoms with Crippen LogP contribution in [0.5, 0.6) is 0 Å². The summed E-state index contributed by atoms with van der Waals surface area (Å²) in [5.41, 5.74) is 11.9. The standard InChI is InChI=1S/2C16H18BrN3O3.C2H6O/c2*17-11-1-3-12(4-2-11)20-14(21)9-13(16(20)23)19-7-5-10(6-8-19)15(18)22;1-2-3/h2*1-4,10,13H,5-9H2,(H2,18,22);3H,2H2,1H3. The Kier molecular flexibility index (Phi) is 13.6. The highest BCUT2D eigenvalue weighted by atomic mass is 79.9. The van der Waals surface area contributed by atoms with Crippen molar-refractivity contribution < 1.29 is 33.9 Å². The molecule has 264 valence electrons. The van der Waals surface area contributed by atoms with Crippen LogP contribution in [-0.2, 0) is 28.8 Å². The Bertz CT molecular complexity index is 1410. The molecule has 4 heterocycles. The van der Waals surface area contributed by atoms with Gasteiger partial charge in [0, 0.05) is 27.4 Å². The molecule has 2 unspecified atom stereocenters. The molecule has 2 atom stereocenters. The molecule has 49 heavy (non-hydrogen) atoms. The number of hydrogen-bond acceptors (Lipinski definition) is 9. The number of piperidine rings is 2. The number of likely N-dealkylation sites (tertiary alicyclic amines) is 2. The summed E-state index contributed by atoms with van der Waals surface area (Å²) in [5, 5.41) is 7.57. The van der Waals surface area contributed by atoms with E-state index in [9.17, 15) is 28.8 Å². The zero-order valence-electron chi connectivity index (χ0n) is 27.3. The molecule has 4 aliphatic rings. The maximum absolute atomic E-state index is 12.7. The molecule has 0 saturated carbocycles. The molecule has 5 N–H and O–H groups in total. The molecule has 0 aliphatic carbocycles. The largest absolute Gasteiger partial charge is 0.397 e. The van der Waals surface area contributed by atoms with Crippen molar-refractivity contribution in [1.29, 1.82) is 0 Å². The van der Waals surface area contributed by atoms with Gasteiger partial charge in [-0.25, -0.2) is 9.80 Å². The second-order valence-corrected chi connectivity index (χ2v) is 14.1. The smallest absolute Gasteiger partial charge is 0.251 e. The monoisotopic (exact) mass is 804 g/mol. The Morgan fingerprint density at radius 3 is 1.20 bits per heavy atom. The number of nitrogens with two attached hydrogens (primary N) is 2. The third-order valence-electron chi connectivity index (χ3n) is 9.16. The van der Waals surface area contributed by atoms with Crippen LogP contribution in [0.1, 0.15) is 45.4 Å². The third-order valence-corrected chi connectivity index (χ3v) is 10.2. The number of primary amides is 2. The van der Waals surface area contributed by atoms with Crippen molar-refractivity contribution in [3.8, 4) is 0 Å². The van der Waals surface area contributed by atoms with E-state index in [1.54, 1.807) is 31.2 Å². The van der Waals surface area contributed by atoms with Crippen molar-refractivity contribution in [2.75, 3.05) is 42.6 Å². The normalized spacial score (nSPS) is 22.4. The summed E-state index contributed by atoms with van der Waals surface area (Å²) in [4.78, 5) is 78.9. The Hall–Kier alpha value is -3.50. The summed E-state index contributed by atoms with van der Waals surface area (Å²) in [6.45, 7) is 4.40. The van der Waals surface area contributed by atoms with Crippen LogP contribution < -0.4 is 21.3 Å². The second kappa shape index (κ2) is 17.4. The Labute approximate surface area is 302 Å². The molecule has 4 aliphatic heterocycles. The van der Waals surface area contributed by atoms with E-state index in [0.29, 0.717) is 63.2 Å². The van der Waals surface area contributed by atoms with Crippen LogP contribution in [0.15, 0.2) is 57.5 Å². The van der Waals surface area contributed by atoms with Gasteiger partial charge in [-0.2, -0.15) is 0 Å². The molecule has 0 radical (unpaired) electrons. The van der Waals surface area contributed by atoms with Crippen LogP contribution in [0.25, 0.3) is 0 Å². The summed E-state index contributed by atoms with van der Waals surface area (Å²) < 4.78 is 1.79. The van der Waals surface area contributed by atoms with Crippen LogP contribution in [0.2, 0.25) is 0 Å².